The maximum absolute atomic E-state index is 12.4. The molecule has 0 saturated heterocycles. The third-order valence-corrected chi connectivity index (χ3v) is 5.56. The second-order valence-electron chi connectivity index (χ2n) is 7.20. The van der Waals surface area contributed by atoms with Gasteiger partial charge in [0.1, 0.15) is 11.4 Å². The van der Waals surface area contributed by atoms with Crippen LogP contribution in [0.5, 0.6) is 5.75 Å². The zero-order chi connectivity index (χ0) is 21.0. The number of amides is 2. The maximum Gasteiger partial charge on any atom is 0.270 e. The molecule has 29 heavy (non-hydrogen) atoms. The van der Waals surface area contributed by atoms with E-state index < -0.39 is 5.54 Å². The molecule has 0 aliphatic heterocycles. The number of carbonyl (C=O) groups excluding carboxylic acids is 2. The van der Waals surface area contributed by atoms with Crippen molar-refractivity contribution in [2.45, 2.75) is 44.9 Å². The fourth-order valence-corrected chi connectivity index (χ4v) is 3.34. The van der Waals surface area contributed by atoms with E-state index in [2.05, 4.69) is 15.6 Å². The minimum Gasteiger partial charge on any atom is -0.484 e. The molecule has 0 radical (unpaired) electrons. The number of hydrogen-bond donors (Lipinski definition) is 3. The Morgan fingerprint density at radius 1 is 1.34 bits per heavy atom. The summed E-state index contributed by atoms with van der Waals surface area (Å²) in [6.45, 7) is 3.55. The lowest BCUT2D eigenvalue weighted by Crippen LogP contribution is -2.45. The summed E-state index contributed by atoms with van der Waals surface area (Å²) in [7, 11) is 0. The van der Waals surface area contributed by atoms with E-state index in [1.54, 1.807) is 24.3 Å². The number of hydrogen-bond acceptors (Lipinski definition) is 5. The van der Waals surface area contributed by atoms with Crippen molar-refractivity contribution in [3.05, 3.63) is 58.4 Å². The molecule has 2 atom stereocenters. The molecule has 154 valence electrons. The molecule has 2 unspecified atom stereocenters. The van der Waals surface area contributed by atoms with Crippen LogP contribution in [0.15, 0.2) is 36.5 Å². The van der Waals surface area contributed by atoms with Crippen LogP contribution in [0.25, 0.3) is 0 Å². The second-order valence-corrected chi connectivity index (χ2v) is 7.60. The lowest BCUT2D eigenvalue weighted by Gasteiger charge is -2.18. The first kappa shape index (κ1) is 21.1. The quantitative estimate of drug-likeness (QED) is 0.612. The van der Waals surface area contributed by atoms with E-state index in [0.717, 1.165) is 5.56 Å². The highest BCUT2D eigenvalue weighted by molar-refractivity contribution is 6.31. The molecule has 8 heteroatoms. The lowest BCUT2D eigenvalue weighted by molar-refractivity contribution is -0.124. The number of benzene rings is 1. The number of pyridine rings is 1. The number of halogens is 1. The number of carbonyl (C=O) groups is 2. The third-order valence-electron chi connectivity index (χ3n) is 5.15. The van der Waals surface area contributed by atoms with Crippen molar-refractivity contribution in [2.24, 2.45) is 0 Å². The molecular formula is C21H24ClN3O4. The summed E-state index contributed by atoms with van der Waals surface area (Å²) in [5, 5.41) is 15.6. The van der Waals surface area contributed by atoms with Gasteiger partial charge in [0.25, 0.3) is 11.8 Å². The number of aromatic nitrogens is 1. The number of aryl methyl sites for hydroxylation is 1. The normalized spacial score (nSPS) is 20.1. The van der Waals surface area contributed by atoms with Gasteiger partial charge < -0.3 is 20.5 Å². The average Bonchev–Trinajstić information content (AvgIpc) is 3.40. The van der Waals surface area contributed by atoms with Gasteiger partial charge in [-0.15, -0.1) is 0 Å². The number of aliphatic hydroxyl groups excluding tert-OH is 1. The molecule has 0 bridgehead atoms. The summed E-state index contributed by atoms with van der Waals surface area (Å²) in [4.78, 5) is 28.8. The van der Waals surface area contributed by atoms with Crippen LogP contribution in [0, 0.1) is 6.92 Å². The van der Waals surface area contributed by atoms with Crippen LogP contribution in [0.1, 0.15) is 41.4 Å². The summed E-state index contributed by atoms with van der Waals surface area (Å²) in [6.07, 6.45) is 2.79. The molecule has 0 spiro atoms. The van der Waals surface area contributed by atoms with Crippen molar-refractivity contribution in [3.63, 3.8) is 0 Å². The second kappa shape index (κ2) is 8.80. The zero-order valence-corrected chi connectivity index (χ0v) is 17.1. The van der Waals surface area contributed by atoms with Crippen molar-refractivity contribution in [2.75, 3.05) is 6.61 Å². The number of ether oxygens (including phenoxy) is 1. The minimum atomic E-state index is -0.490. The van der Waals surface area contributed by atoms with Gasteiger partial charge in [0, 0.05) is 11.2 Å². The SMILES string of the molecule is CCC1(NC(=O)COc2ccc(C)c(Cl)c2)CC1NC(=O)c1cc(CO)ccn1. The van der Waals surface area contributed by atoms with Gasteiger partial charge in [0.05, 0.1) is 18.2 Å². The minimum absolute atomic E-state index is 0.137. The Balaban J connectivity index is 1.53. The summed E-state index contributed by atoms with van der Waals surface area (Å²) in [6, 6.07) is 8.27. The van der Waals surface area contributed by atoms with Crippen LogP contribution in [0.3, 0.4) is 0 Å². The largest absolute Gasteiger partial charge is 0.484 e. The van der Waals surface area contributed by atoms with Crippen molar-refractivity contribution in [3.8, 4) is 5.75 Å². The van der Waals surface area contributed by atoms with E-state index in [9.17, 15) is 14.7 Å². The average molecular weight is 418 g/mol. The number of aliphatic hydroxyl groups is 1. The topological polar surface area (TPSA) is 101 Å². The molecule has 1 heterocycles. The van der Waals surface area contributed by atoms with E-state index in [4.69, 9.17) is 16.3 Å². The van der Waals surface area contributed by atoms with E-state index >= 15 is 0 Å². The molecule has 1 aromatic carbocycles. The molecule has 3 rings (SSSR count). The Labute approximate surface area is 174 Å². The molecule has 1 saturated carbocycles. The Morgan fingerprint density at radius 2 is 2.14 bits per heavy atom. The summed E-state index contributed by atoms with van der Waals surface area (Å²) in [5.41, 5.74) is 1.29. The molecule has 3 N–H and O–H groups in total. The fraction of sp³-hybridized carbons (Fsp3) is 0.381. The highest BCUT2D eigenvalue weighted by atomic mass is 35.5. The monoisotopic (exact) mass is 417 g/mol. The molecule has 2 amide bonds. The first-order valence-electron chi connectivity index (χ1n) is 9.43. The standard InChI is InChI=1S/C21H24ClN3O4/c1-3-21(25-19(27)12-29-15-5-4-13(2)16(22)9-15)10-18(21)24-20(28)17-8-14(11-26)6-7-23-17/h4-9,18,26H,3,10-12H2,1-2H3,(H,24,28)(H,25,27). The molecule has 1 aliphatic carbocycles. The summed E-state index contributed by atoms with van der Waals surface area (Å²) < 4.78 is 5.52. The first-order chi connectivity index (χ1) is 13.9. The molecule has 1 aromatic heterocycles. The maximum atomic E-state index is 12.4. The Bertz CT molecular complexity index is 921. The van der Waals surface area contributed by atoms with Crippen molar-refractivity contribution < 1.29 is 19.4 Å². The van der Waals surface area contributed by atoms with Gasteiger partial charge >= 0.3 is 0 Å². The molecule has 1 fully saturated rings. The molecule has 7 nitrogen and oxygen atoms in total. The van der Waals surface area contributed by atoms with Crippen molar-refractivity contribution in [1.82, 2.24) is 15.6 Å². The van der Waals surface area contributed by atoms with E-state index in [-0.39, 0.29) is 36.8 Å². The van der Waals surface area contributed by atoms with Crippen LogP contribution >= 0.6 is 11.6 Å². The van der Waals surface area contributed by atoms with Gasteiger partial charge in [0.15, 0.2) is 6.61 Å². The fourth-order valence-electron chi connectivity index (χ4n) is 3.17. The number of nitrogens with zero attached hydrogens (tertiary/aromatic N) is 1. The van der Waals surface area contributed by atoms with Crippen molar-refractivity contribution in [1.29, 1.82) is 0 Å². The van der Waals surface area contributed by atoms with Gasteiger partial charge in [-0.05, 0) is 55.2 Å². The van der Waals surface area contributed by atoms with E-state index in [1.165, 1.54) is 6.20 Å². The van der Waals surface area contributed by atoms with E-state index in [1.807, 2.05) is 19.9 Å². The van der Waals surface area contributed by atoms with Crippen LogP contribution in [0.4, 0.5) is 0 Å². The first-order valence-corrected chi connectivity index (χ1v) is 9.81. The highest BCUT2D eigenvalue weighted by Crippen LogP contribution is 2.39. The highest BCUT2D eigenvalue weighted by Gasteiger charge is 2.54. The predicted molar refractivity (Wildman–Crippen MR) is 109 cm³/mol. The summed E-state index contributed by atoms with van der Waals surface area (Å²) in [5.74, 6) is -0.0714. The third kappa shape index (κ3) is 5.05. The van der Waals surface area contributed by atoms with Gasteiger partial charge in [-0.2, -0.15) is 0 Å². The lowest BCUT2D eigenvalue weighted by atomic mass is 10.2. The Kier molecular flexibility index (Phi) is 6.39. The van der Waals surface area contributed by atoms with Crippen LogP contribution in [0.2, 0.25) is 5.02 Å². The van der Waals surface area contributed by atoms with Crippen molar-refractivity contribution >= 4 is 23.4 Å². The van der Waals surface area contributed by atoms with Gasteiger partial charge in [0.2, 0.25) is 0 Å². The van der Waals surface area contributed by atoms with E-state index in [0.29, 0.717) is 29.2 Å². The predicted octanol–water partition coefficient (Wildman–Crippen LogP) is 2.38. The zero-order valence-electron chi connectivity index (χ0n) is 16.4. The molecule has 1 aliphatic rings. The van der Waals surface area contributed by atoms with Gasteiger partial charge in [-0.1, -0.05) is 24.6 Å². The Hall–Kier alpha value is -2.64. The Morgan fingerprint density at radius 3 is 2.83 bits per heavy atom. The molecule has 2 aromatic rings. The summed E-state index contributed by atoms with van der Waals surface area (Å²) >= 11 is 6.07. The van der Waals surface area contributed by atoms with Crippen LogP contribution in [-0.4, -0.2) is 40.1 Å². The number of rotatable bonds is 8. The molecular weight excluding hydrogens is 394 g/mol. The van der Waals surface area contributed by atoms with Gasteiger partial charge in [-0.3, -0.25) is 14.6 Å². The number of nitrogens with one attached hydrogen (secondary N) is 2. The van der Waals surface area contributed by atoms with Gasteiger partial charge in [-0.25, -0.2) is 0 Å². The van der Waals surface area contributed by atoms with Crippen LogP contribution < -0.4 is 15.4 Å². The smallest absolute Gasteiger partial charge is 0.270 e. The van der Waals surface area contributed by atoms with Crippen LogP contribution in [-0.2, 0) is 11.4 Å².